The van der Waals surface area contributed by atoms with Gasteiger partial charge in [0.1, 0.15) is 11.5 Å². The second kappa shape index (κ2) is 8.71. The highest BCUT2D eigenvalue weighted by Crippen LogP contribution is 2.38. The third-order valence-corrected chi connectivity index (χ3v) is 3.33. The van der Waals surface area contributed by atoms with Gasteiger partial charge in [-0.2, -0.15) is 13.2 Å². The number of carbonyl (C=O) groups excluding carboxylic acids is 1. The number of ether oxygens (including phenoxy) is 2. The minimum absolute atomic E-state index is 0.0300. The van der Waals surface area contributed by atoms with E-state index in [0.717, 1.165) is 6.07 Å². The van der Waals surface area contributed by atoms with Crippen molar-refractivity contribution in [3.05, 3.63) is 54.1 Å². The van der Waals surface area contributed by atoms with Crippen molar-refractivity contribution < 1.29 is 27.4 Å². The van der Waals surface area contributed by atoms with Gasteiger partial charge in [0.2, 0.25) is 5.91 Å². The van der Waals surface area contributed by atoms with Crippen LogP contribution in [-0.2, 0) is 15.7 Å². The summed E-state index contributed by atoms with van der Waals surface area (Å²) in [7, 11) is 0. The monoisotopic (exact) mass is 367 g/mol. The van der Waals surface area contributed by atoms with E-state index in [9.17, 15) is 18.0 Å². The Morgan fingerprint density at radius 3 is 2.38 bits per heavy atom. The van der Waals surface area contributed by atoms with Gasteiger partial charge in [0.15, 0.2) is 0 Å². The van der Waals surface area contributed by atoms with Crippen LogP contribution < -0.4 is 10.1 Å². The van der Waals surface area contributed by atoms with Gasteiger partial charge in [0.25, 0.3) is 0 Å². The molecule has 2 aromatic rings. The number of rotatable bonds is 7. The molecule has 2 aromatic carbocycles. The Hall–Kier alpha value is -2.54. The summed E-state index contributed by atoms with van der Waals surface area (Å²) in [6.07, 6.45) is -4.71. The SMILES string of the molecule is CC(C)OCCC(=O)Nc1ccc(Oc2ccccc2)cc1C(F)(F)F. The van der Waals surface area contributed by atoms with E-state index in [0.29, 0.717) is 5.75 Å². The van der Waals surface area contributed by atoms with E-state index >= 15 is 0 Å². The molecule has 7 heteroatoms. The fraction of sp³-hybridized carbons (Fsp3) is 0.316. The van der Waals surface area contributed by atoms with Crippen LogP contribution in [0.5, 0.6) is 11.5 Å². The number of benzene rings is 2. The zero-order valence-corrected chi connectivity index (χ0v) is 14.5. The normalized spacial score (nSPS) is 11.5. The molecule has 140 valence electrons. The third kappa shape index (κ3) is 6.07. The van der Waals surface area contributed by atoms with Crippen molar-refractivity contribution in [2.75, 3.05) is 11.9 Å². The van der Waals surface area contributed by atoms with Crippen LogP contribution >= 0.6 is 0 Å². The summed E-state index contributed by atoms with van der Waals surface area (Å²) < 4.78 is 50.7. The molecule has 0 atom stereocenters. The predicted molar refractivity (Wildman–Crippen MR) is 92.3 cm³/mol. The van der Waals surface area contributed by atoms with Gasteiger partial charge in [-0.15, -0.1) is 0 Å². The highest BCUT2D eigenvalue weighted by Gasteiger charge is 2.34. The van der Waals surface area contributed by atoms with Crippen LogP contribution in [0.25, 0.3) is 0 Å². The van der Waals surface area contributed by atoms with E-state index in [4.69, 9.17) is 9.47 Å². The standard InChI is InChI=1S/C19H20F3NO3/c1-13(2)25-11-10-18(24)23-17-9-8-15(12-16(17)19(20,21)22)26-14-6-4-3-5-7-14/h3-9,12-13H,10-11H2,1-2H3,(H,23,24). The van der Waals surface area contributed by atoms with E-state index in [1.54, 1.807) is 30.3 Å². The van der Waals surface area contributed by atoms with E-state index in [-0.39, 0.29) is 30.6 Å². The van der Waals surface area contributed by atoms with Crippen LogP contribution in [0, 0.1) is 0 Å². The summed E-state index contributed by atoms with van der Waals surface area (Å²) in [5.74, 6) is -0.0965. The summed E-state index contributed by atoms with van der Waals surface area (Å²) in [6, 6.07) is 11.9. The van der Waals surface area contributed by atoms with Crippen molar-refractivity contribution in [2.45, 2.75) is 32.5 Å². The Morgan fingerprint density at radius 2 is 1.77 bits per heavy atom. The van der Waals surface area contributed by atoms with E-state index in [1.165, 1.54) is 12.1 Å². The molecule has 1 amide bonds. The molecule has 4 nitrogen and oxygen atoms in total. The first-order valence-electron chi connectivity index (χ1n) is 8.11. The molecule has 0 radical (unpaired) electrons. The Labute approximate surface area is 149 Å². The predicted octanol–water partition coefficient (Wildman–Crippen LogP) is 5.25. The summed E-state index contributed by atoms with van der Waals surface area (Å²) in [6.45, 7) is 3.76. The van der Waals surface area contributed by atoms with Crippen LogP contribution in [0.3, 0.4) is 0 Å². The Balaban J connectivity index is 2.14. The molecular formula is C19H20F3NO3. The van der Waals surface area contributed by atoms with Gasteiger partial charge < -0.3 is 14.8 Å². The highest BCUT2D eigenvalue weighted by molar-refractivity contribution is 5.91. The molecule has 0 heterocycles. The number of anilines is 1. The Bertz CT molecular complexity index is 731. The van der Waals surface area contributed by atoms with Crippen LogP contribution in [0.1, 0.15) is 25.8 Å². The van der Waals surface area contributed by atoms with Gasteiger partial charge >= 0.3 is 6.18 Å². The highest BCUT2D eigenvalue weighted by atomic mass is 19.4. The number of para-hydroxylation sites is 1. The minimum atomic E-state index is -4.63. The van der Waals surface area contributed by atoms with Crippen molar-refractivity contribution in [1.82, 2.24) is 0 Å². The minimum Gasteiger partial charge on any atom is -0.457 e. The fourth-order valence-electron chi connectivity index (χ4n) is 2.16. The number of hydrogen-bond donors (Lipinski definition) is 1. The van der Waals surface area contributed by atoms with Gasteiger partial charge in [-0.25, -0.2) is 0 Å². The smallest absolute Gasteiger partial charge is 0.418 e. The molecule has 0 unspecified atom stereocenters. The van der Waals surface area contributed by atoms with Crippen molar-refractivity contribution >= 4 is 11.6 Å². The zero-order chi connectivity index (χ0) is 19.2. The first kappa shape index (κ1) is 19.8. The molecule has 0 spiro atoms. The maximum Gasteiger partial charge on any atom is 0.418 e. The van der Waals surface area contributed by atoms with Crippen LogP contribution in [0.2, 0.25) is 0 Å². The number of nitrogens with one attached hydrogen (secondary N) is 1. The van der Waals surface area contributed by atoms with Crippen LogP contribution in [-0.4, -0.2) is 18.6 Å². The molecule has 0 saturated heterocycles. The largest absolute Gasteiger partial charge is 0.457 e. The molecule has 0 bridgehead atoms. The molecule has 0 aromatic heterocycles. The number of hydrogen-bond acceptors (Lipinski definition) is 3. The lowest BCUT2D eigenvalue weighted by molar-refractivity contribution is -0.137. The molecular weight excluding hydrogens is 347 g/mol. The first-order chi connectivity index (χ1) is 12.3. The lowest BCUT2D eigenvalue weighted by Gasteiger charge is -2.16. The first-order valence-corrected chi connectivity index (χ1v) is 8.11. The van der Waals surface area contributed by atoms with Crippen molar-refractivity contribution in [1.29, 1.82) is 0 Å². The molecule has 0 aliphatic rings. The maximum atomic E-state index is 13.3. The number of alkyl halides is 3. The average Bonchev–Trinajstić information content (AvgIpc) is 2.56. The van der Waals surface area contributed by atoms with Gasteiger partial charge in [-0.3, -0.25) is 4.79 Å². The number of carbonyl (C=O) groups is 1. The van der Waals surface area contributed by atoms with Crippen molar-refractivity contribution in [3.63, 3.8) is 0 Å². The van der Waals surface area contributed by atoms with Crippen LogP contribution in [0.15, 0.2) is 48.5 Å². The Morgan fingerprint density at radius 1 is 1.08 bits per heavy atom. The molecule has 1 N–H and O–H groups in total. The molecule has 2 rings (SSSR count). The number of halogens is 3. The zero-order valence-electron chi connectivity index (χ0n) is 14.5. The van der Waals surface area contributed by atoms with E-state index in [2.05, 4.69) is 5.32 Å². The van der Waals surface area contributed by atoms with Gasteiger partial charge in [-0.1, -0.05) is 18.2 Å². The topological polar surface area (TPSA) is 47.6 Å². The fourth-order valence-corrected chi connectivity index (χ4v) is 2.16. The van der Waals surface area contributed by atoms with Crippen LogP contribution in [0.4, 0.5) is 18.9 Å². The van der Waals surface area contributed by atoms with Crippen molar-refractivity contribution in [3.8, 4) is 11.5 Å². The lowest BCUT2D eigenvalue weighted by atomic mass is 10.1. The van der Waals surface area contributed by atoms with Gasteiger partial charge in [-0.05, 0) is 44.2 Å². The molecule has 0 aliphatic heterocycles. The second-order valence-electron chi connectivity index (χ2n) is 5.84. The van der Waals surface area contributed by atoms with E-state index < -0.39 is 17.6 Å². The molecule has 26 heavy (non-hydrogen) atoms. The number of amides is 1. The Kier molecular flexibility index (Phi) is 6.63. The second-order valence-corrected chi connectivity index (χ2v) is 5.84. The molecule has 0 aliphatic carbocycles. The van der Waals surface area contributed by atoms with Gasteiger partial charge in [0, 0.05) is 0 Å². The maximum absolute atomic E-state index is 13.3. The summed E-state index contributed by atoms with van der Waals surface area (Å²) in [5, 5.41) is 2.29. The van der Waals surface area contributed by atoms with E-state index in [1.807, 2.05) is 13.8 Å². The van der Waals surface area contributed by atoms with Gasteiger partial charge in [0.05, 0.1) is 30.4 Å². The molecule has 0 saturated carbocycles. The lowest BCUT2D eigenvalue weighted by Crippen LogP contribution is -2.18. The quantitative estimate of drug-likeness (QED) is 0.727. The summed E-state index contributed by atoms with van der Waals surface area (Å²) in [4.78, 5) is 11.9. The average molecular weight is 367 g/mol. The third-order valence-electron chi connectivity index (χ3n) is 3.33. The molecule has 0 fully saturated rings. The van der Waals surface area contributed by atoms with Crippen molar-refractivity contribution in [2.24, 2.45) is 0 Å². The summed E-state index contributed by atoms with van der Waals surface area (Å²) >= 11 is 0. The summed E-state index contributed by atoms with van der Waals surface area (Å²) in [5.41, 5.74) is -1.28.